The number of hydrogen-bond acceptors (Lipinski definition) is 7. The molecule has 12 heteroatoms. The molecule has 0 bridgehead atoms. The summed E-state index contributed by atoms with van der Waals surface area (Å²) < 4.78 is 0. The van der Waals surface area contributed by atoms with Crippen molar-refractivity contribution in [2.24, 2.45) is 11.5 Å². The van der Waals surface area contributed by atoms with E-state index in [1.54, 1.807) is 0 Å². The van der Waals surface area contributed by atoms with Crippen molar-refractivity contribution in [1.29, 1.82) is 0 Å². The van der Waals surface area contributed by atoms with E-state index in [0.717, 1.165) is 0 Å². The van der Waals surface area contributed by atoms with Crippen LogP contribution in [0, 0.1) is 0 Å². The zero-order chi connectivity index (χ0) is 18.2. The van der Waals surface area contributed by atoms with Gasteiger partial charge in [0.1, 0.15) is 12.1 Å². The van der Waals surface area contributed by atoms with Crippen LogP contribution in [0.4, 0.5) is 0 Å². The Morgan fingerprint density at radius 2 is 1.43 bits per heavy atom. The Bertz CT molecular complexity index is 494. The number of nitrogens with one attached hydrogen (secondary N) is 2. The summed E-state index contributed by atoms with van der Waals surface area (Å²) in [4.78, 5) is 55.4. The molecule has 23 heavy (non-hydrogen) atoms. The Morgan fingerprint density at radius 3 is 1.83 bits per heavy atom. The van der Waals surface area contributed by atoms with Crippen molar-refractivity contribution in [3.63, 3.8) is 0 Å². The van der Waals surface area contributed by atoms with Gasteiger partial charge in [-0.1, -0.05) is 0 Å². The maximum absolute atomic E-state index is 11.8. The summed E-state index contributed by atoms with van der Waals surface area (Å²) in [7, 11) is 0. The normalized spacial score (nSPS) is 14.2. The first-order valence-corrected chi connectivity index (χ1v) is 6.28. The fourth-order valence-electron chi connectivity index (χ4n) is 1.43. The van der Waals surface area contributed by atoms with Crippen LogP contribution < -0.4 is 22.1 Å². The lowest BCUT2D eigenvalue weighted by Crippen LogP contribution is -2.56. The van der Waals surface area contributed by atoms with Gasteiger partial charge in [-0.3, -0.25) is 19.2 Å². The third-order valence-corrected chi connectivity index (χ3v) is 2.57. The number of carboxylic acid groups (broad SMARTS) is 2. The monoisotopic (exact) mass is 334 g/mol. The van der Waals surface area contributed by atoms with E-state index in [1.807, 2.05) is 10.6 Å². The Balaban J connectivity index is 4.78. The molecule has 0 aromatic heterocycles. The Hall–Kier alpha value is -2.73. The lowest BCUT2D eigenvalue weighted by atomic mass is 10.1. The number of carbonyl (C=O) groups excluding carboxylic acids is 3. The number of aliphatic hydroxyl groups is 1. The number of aliphatic carboxylic acids is 2. The highest BCUT2D eigenvalue weighted by atomic mass is 16.4. The zero-order valence-electron chi connectivity index (χ0n) is 11.9. The number of primary amides is 1. The molecule has 0 aliphatic heterocycles. The molecule has 0 radical (unpaired) electrons. The number of carbonyl (C=O) groups is 5. The Morgan fingerprint density at radius 1 is 0.913 bits per heavy atom. The molecule has 0 aromatic carbocycles. The van der Waals surface area contributed by atoms with E-state index in [4.69, 9.17) is 26.8 Å². The lowest BCUT2D eigenvalue weighted by molar-refractivity contribution is -0.144. The number of nitrogens with two attached hydrogens (primary N) is 2. The molecular formula is C11H18N4O8. The van der Waals surface area contributed by atoms with Crippen LogP contribution >= 0.6 is 0 Å². The number of amides is 3. The molecule has 0 aliphatic rings. The summed E-state index contributed by atoms with van der Waals surface area (Å²) in [5.74, 6) is -5.99. The van der Waals surface area contributed by atoms with Crippen molar-refractivity contribution < 1.29 is 39.3 Å². The average Bonchev–Trinajstić information content (AvgIpc) is 2.41. The predicted octanol–water partition coefficient (Wildman–Crippen LogP) is -4.29. The van der Waals surface area contributed by atoms with E-state index >= 15 is 0 Å². The van der Waals surface area contributed by atoms with Crippen LogP contribution in [0.15, 0.2) is 0 Å². The second kappa shape index (κ2) is 9.32. The molecule has 0 unspecified atom stereocenters. The maximum atomic E-state index is 11.8. The van der Waals surface area contributed by atoms with E-state index in [1.165, 1.54) is 0 Å². The third kappa shape index (κ3) is 7.73. The summed E-state index contributed by atoms with van der Waals surface area (Å²) in [6.07, 6.45) is -1.39. The van der Waals surface area contributed by atoms with Gasteiger partial charge in [0.15, 0.2) is 0 Å². The fraction of sp³-hybridized carbons (Fsp3) is 0.545. The standard InChI is InChI=1S/C11H18N4O8/c12-4(1-8(18)19)9(20)15-6(3-16)10(21)14-5(11(22)23)2-7(13)17/h4-6,16H,1-3,12H2,(H2,13,17)(H,14,21)(H,15,20)(H,18,19)(H,22,23)/t4-,5-,6-/m0/s1. The molecule has 0 aromatic rings. The molecular weight excluding hydrogens is 316 g/mol. The quantitative estimate of drug-likeness (QED) is 0.205. The van der Waals surface area contributed by atoms with Gasteiger partial charge in [-0.2, -0.15) is 0 Å². The van der Waals surface area contributed by atoms with Gasteiger partial charge in [-0.05, 0) is 0 Å². The summed E-state index contributed by atoms with van der Waals surface area (Å²) in [5, 5.41) is 30.3. The van der Waals surface area contributed by atoms with Crippen molar-refractivity contribution in [3.05, 3.63) is 0 Å². The Labute approximate surface area is 129 Å². The minimum Gasteiger partial charge on any atom is -0.481 e. The second-order valence-electron chi connectivity index (χ2n) is 4.52. The largest absolute Gasteiger partial charge is 0.481 e. The van der Waals surface area contributed by atoms with Crippen LogP contribution in [0.1, 0.15) is 12.8 Å². The molecule has 0 aliphatic carbocycles. The van der Waals surface area contributed by atoms with Crippen molar-refractivity contribution in [2.75, 3.05) is 6.61 Å². The number of aliphatic hydroxyl groups excluding tert-OH is 1. The first kappa shape index (κ1) is 20.3. The fourth-order valence-corrected chi connectivity index (χ4v) is 1.43. The predicted molar refractivity (Wildman–Crippen MR) is 72.6 cm³/mol. The maximum Gasteiger partial charge on any atom is 0.326 e. The van der Waals surface area contributed by atoms with E-state index in [-0.39, 0.29) is 0 Å². The van der Waals surface area contributed by atoms with Gasteiger partial charge in [0.25, 0.3) is 0 Å². The summed E-state index contributed by atoms with van der Waals surface area (Å²) in [6, 6.07) is -4.68. The molecule has 9 N–H and O–H groups in total. The molecule has 0 saturated carbocycles. The van der Waals surface area contributed by atoms with Crippen LogP contribution in [0.25, 0.3) is 0 Å². The molecule has 0 saturated heterocycles. The molecule has 12 nitrogen and oxygen atoms in total. The van der Waals surface area contributed by atoms with Gasteiger partial charge in [-0.25, -0.2) is 4.79 Å². The SMILES string of the molecule is NC(=O)C[C@H](NC(=O)[C@H](CO)NC(=O)[C@@H](N)CC(=O)O)C(=O)O. The molecule has 3 atom stereocenters. The van der Waals surface area contributed by atoms with Crippen LogP contribution in [-0.4, -0.2) is 69.7 Å². The highest BCUT2D eigenvalue weighted by molar-refractivity contribution is 5.94. The number of hydrogen-bond donors (Lipinski definition) is 7. The van der Waals surface area contributed by atoms with Crippen molar-refractivity contribution in [1.82, 2.24) is 10.6 Å². The van der Waals surface area contributed by atoms with Gasteiger partial charge in [0, 0.05) is 0 Å². The molecule has 130 valence electrons. The van der Waals surface area contributed by atoms with Crippen LogP contribution in [0.2, 0.25) is 0 Å². The molecule has 0 fully saturated rings. The minimum atomic E-state index is -1.64. The average molecular weight is 334 g/mol. The topological polar surface area (TPSA) is 222 Å². The molecule has 3 amide bonds. The molecule has 0 rings (SSSR count). The highest BCUT2D eigenvalue weighted by Crippen LogP contribution is 1.96. The van der Waals surface area contributed by atoms with E-state index < -0.39 is 67.2 Å². The highest BCUT2D eigenvalue weighted by Gasteiger charge is 2.28. The first-order valence-electron chi connectivity index (χ1n) is 6.28. The lowest BCUT2D eigenvalue weighted by Gasteiger charge is -2.20. The molecule has 0 heterocycles. The second-order valence-corrected chi connectivity index (χ2v) is 4.52. The van der Waals surface area contributed by atoms with E-state index in [2.05, 4.69) is 0 Å². The van der Waals surface area contributed by atoms with Gasteiger partial charge in [-0.15, -0.1) is 0 Å². The summed E-state index contributed by atoms with van der Waals surface area (Å²) in [6.45, 7) is -0.903. The van der Waals surface area contributed by atoms with Gasteiger partial charge in [0.2, 0.25) is 17.7 Å². The van der Waals surface area contributed by atoms with Crippen LogP contribution in [0.3, 0.4) is 0 Å². The smallest absolute Gasteiger partial charge is 0.326 e. The van der Waals surface area contributed by atoms with Crippen LogP contribution in [-0.2, 0) is 24.0 Å². The third-order valence-electron chi connectivity index (χ3n) is 2.57. The number of carboxylic acids is 2. The van der Waals surface area contributed by atoms with E-state index in [9.17, 15) is 24.0 Å². The van der Waals surface area contributed by atoms with Gasteiger partial charge < -0.3 is 37.4 Å². The van der Waals surface area contributed by atoms with Crippen LogP contribution in [0.5, 0.6) is 0 Å². The Kier molecular flexibility index (Phi) is 8.21. The summed E-state index contributed by atoms with van der Waals surface area (Å²) >= 11 is 0. The molecule has 0 spiro atoms. The van der Waals surface area contributed by atoms with Crippen molar-refractivity contribution in [3.8, 4) is 0 Å². The van der Waals surface area contributed by atoms with Gasteiger partial charge >= 0.3 is 11.9 Å². The zero-order valence-corrected chi connectivity index (χ0v) is 11.9. The van der Waals surface area contributed by atoms with E-state index in [0.29, 0.717) is 0 Å². The number of rotatable bonds is 10. The van der Waals surface area contributed by atoms with Crippen molar-refractivity contribution >= 4 is 29.7 Å². The van der Waals surface area contributed by atoms with Gasteiger partial charge in [0.05, 0.1) is 25.5 Å². The first-order chi connectivity index (χ1) is 10.6. The minimum absolute atomic E-state index is 0.689. The van der Waals surface area contributed by atoms with Crippen molar-refractivity contribution in [2.45, 2.75) is 31.0 Å². The summed E-state index contributed by atoms with van der Waals surface area (Å²) in [5.41, 5.74) is 10.1.